The minimum absolute atomic E-state index is 0.173. The first kappa shape index (κ1) is 22.3. The Bertz CT molecular complexity index is 1440. The van der Waals surface area contributed by atoms with Gasteiger partial charge in [-0.25, -0.2) is 15.0 Å². The molecule has 2 atom stereocenters. The molecule has 33 heavy (non-hydrogen) atoms. The molecular formula is C24H21ClN6O2. The number of nitrogens with zero attached hydrogens (tertiary/aromatic N) is 4. The maximum absolute atomic E-state index is 13.5. The summed E-state index contributed by atoms with van der Waals surface area (Å²) >= 11 is 6.35. The van der Waals surface area contributed by atoms with Crippen LogP contribution in [0.1, 0.15) is 31.3 Å². The number of anilines is 2. The van der Waals surface area contributed by atoms with Gasteiger partial charge in [0.2, 0.25) is 0 Å². The van der Waals surface area contributed by atoms with Crippen molar-refractivity contribution in [3.8, 4) is 17.5 Å². The number of aromatic nitrogens is 4. The third kappa shape index (κ3) is 4.51. The monoisotopic (exact) mass is 460 g/mol. The van der Waals surface area contributed by atoms with Crippen molar-refractivity contribution >= 4 is 34.1 Å². The van der Waals surface area contributed by atoms with Crippen molar-refractivity contribution in [3.63, 3.8) is 0 Å². The fraction of sp³-hybridized carbons (Fsp3) is 0.167. The molecule has 0 spiro atoms. The van der Waals surface area contributed by atoms with E-state index >= 15 is 0 Å². The predicted molar refractivity (Wildman–Crippen MR) is 129 cm³/mol. The lowest BCUT2D eigenvalue weighted by Crippen LogP contribution is -2.27. The van der Waals surface area contributed by atoms with E-state index in [1.807, 2.05) is 37.3 Å². The number of nitrogen functional groups attached to an aromatic ring is 1. The molecule has 4 rings (SSSR count). The van der Waals surface area contributed by atoms with Crippen LogP contribution in [-0.4, -0.2) is 30.7 Å². The standard InChI is InChI=1S/C24H21ClN6O2/c1-14(32)11-12-17-21(26)27-13-28-22(17)29-15(2)23-30-19-10-6-9-18(25)20(19)24(33)31(23)16-7-4-3-5-8-16/h3-10,13-15,32H,1-2H3,(H3,26,27,28,29). The summed E-state index contributed by atoms with van der Waals surface area (Å²) in [6, 6.07) is 13.9. The zero-order valence-electron chi connectivity index (χ0n) is 18.0. The number of aliphatic hydroxyl groups excluding tert-OH is 1. The lowest BCUT2D eigenvalue weighted by atomic mass is 10.2. The van der Waals surface area contributed by atoms with E-state index in [0.29, 0.717) is 38.8 Å². The highest BCUT2D eigenvalue weighted by Gasteiger charge is 2.21. The summed E-state index contributed by atoms with van der Waals surface area (Å²) in [7, 11) is 0. The zero-order chi connectivity index (χ0) is 23.5. The number of halogens is 1. The van der Waals surface area contributed by atoms with Gasteiger partial charge in [0, 0.05) is 0 Å². The first-order chi connectivity index (χ1) is 15.9. The highest BCUT2D eigenvalue weighted by atomic mass is 35.5. The molecule has 0 aliphatic rings. The summed E-state index contributed by atoms with van der Waals surface area (Å²) in [6.45, 7) is 3.40. The van der Waals surface area contributed by atoms with Gasteiger partial charge < -0.3 is 16.2 Å². The van der Waals surface area contributed by atoms with Crippen molar-refractivity contribution in [2.45, 2.75) is 26.0 Å². The van der Waals surface area contributed by atoms with Crippen molar-refractivity contribution in [2.24, 2.45) is 0 Å². The second-order valence-electron chi connectivity index (χ2n) is 7.37. The topological polar surface area (TPSA) is 119 Å². The molecular weight excluding hydrogens is 440 g/mol. The van der Waals surface area contributed by atoms with Crippen LogP contribution in [0.2, 0.25) is 5.02 Å². The average molecular weight is 461 g/mol. The maximum atomic E-state index is 13.5. The molecule has 0 aliphatic heterocycles. The van der Waals surface area contributed by atoms with Crippen molar-refractivity contribution < 1.29 is 5.11 Å². The lowest BCUT2D eigenvalue weighted by molar-refractivity contribution is 0.253. The van der Waals surface area contributed by atoms with Crippen molar-refractivity contribution in [1.82, 2.24) is 19.5 Å². The van der Waals surface area contributed by atoms with E-state index in [1.165, 1.54) is 10.9 Å². The highest BCUT2D eigenvalue weighted by molar-refractivity contribution is 6.35. The number of rotatable bonds is 4. The van der Waals surface area contributed by atoms with Gasteiger partial charge in [-0.3, -0.25) is 9.36 Å². The second kappa shape index (κ2) is 9.28. The Hall–Kier alpha value is -3.93. The molecule has 0 bridgehead atoms. The van der Waals surface area contributed by atoms with Gasteiger partial charge in [0.1, 0.15) is 35.5 Å². The first-order valence-electron chi connectivity index (χ1n) is 10.2. The third-order valence-electron chi connectivity index (χ3n) is 4.91. The van der Waals surface area contributed by atoms with Crippen LogP contribution >= 0.6 is 11.6 Å². The van der Waals surface area contributed by atoms with E-state index in [4.69, 9.17) is 22.3 Å². The number of fused-ring (bicyclic) bond motifs is 1. The van der Waals surface area contributed by atoms with Crippen LogP contribution in [0.25, 0.3) is 16.6 Å². The van der Waals surface area contributed by atoms with Gasteiger partial charge in [-0.15, -0.1) is 0 Å². The predicted octanol–water partition coefficient (Wildman–Crippen LogP) is 3.32. The molecule has 4 aromatic rings. The average Bonchev–Trinajstić information content (AvgIpc) is 2.79. The van der Waals surface area contributed by atoms with E-state index in [1.54, 1.807) is 25.1 Å². The third-order valence-corrected chi connectivity index (χ3v) is 5.23. The Morgan fingerprint density at radius 3 is 2.61 bits per heavy atom. The van der Waals surface area contributed by atoms with Gasteiger partial charge in [-0.2, -0.15) is 0 Å². The van der Waals surface area contributed by atoms with E-state index in [-0.39, 0.29) is 11.4 Å². The fourth-order valence-corrected chi connectivity index (χ4v) is 3.65. The van der Waals surface area contributed by atoms with Crippen LogP contribution in [0.15, 0.2) is 59.7 Å². The normalized spacial score (nSPS) is 12.6. The van der Waals surface area contributed by atoms with Gasteiger partial charge in [0.25, 0.3) is 5.56 Å². The van der Waals surface area contributed by atoms with Crippen LogP contribution < -0.4 is 16.6 Å². The Morgan fingerprint density at radius 2 is 1.88 bits per heavy atom. The Labute approximate surface area is 195 Å². The quantitative estimate of drug-likeness (QED) is 0.400. The smallest absolute Gasteiger partial charge is 0.267 e. The SMILES string of the molecule is CC(O)C#Cc1c(N)ncnc1NC(C)c1nc2cccc(Cl)c2c(=O)n1-c1ccccc1. The maximum Gasteiger partial charge on any atom is 0.267 e. The molecule has 0 amide bonds. The molecule has 2 aromatic heterocycles. The summed E-state index contributed by atoms with van der Waals surface area (Å²) in [5.74, 6) is 6.45. The molecule has 9 heteroatoms. The van der Waals surface area contributed by atoms with Gasteiger partial charge in [0.05, 0.1) is 27.7 Å². The largest absolute Gasteiger partial charge is 0.382 e. The van der Waals surface area contributed by atoms with Crippen molar-refractivity contribution in [3.05, 3.63) is 81.6 Å². The van der Waals surface area contributed by atoms with Gasteiger partial charge >= 0.3 is 0 Å². The van der Waals surface area contributed by atoms with E-state index in [2.05, 4.69) is 27.1 Å². The molecule has 0 saturated heterocycles. The molecule has 0 aliphatic carbocycles. The molecule has 2 aromatic carbocycles. The molecule has 0 fully saturated rings. The number of benzene rings is 2. The summed E-state index contributed by atoms with van der Waals surface area (Å²) in [4.78, 5) is 26.5. The van der Waals surface area contributed by atoms with E-state index in [9.17, 15) is 9.90 Å². The van der Waals surface area contributed by atoms with Crippen LogP contribution in [-0.2, 0) is 0 Å². The number of aliphatic hydroxyl groups is 1. The fourth-order valence-electron chi connectivity index (χ4n) is 3.40. The van der Waals surface area contributed by atoms with Gasteiger partial charge in [-0.1, -0.05) is 47.7 Å². The highest BCUT2D eigenvalue weighted by Crippen LogP contribution is 2.26. The first-order valence-corrected chi connectivity index (χ1v) is 10.6. The minimum atomic E-state index is -0.843. The van der Waals surface area contributed by atoms with E-state index < -0.39 is 12.1 Å². The van der Waals surface area contributed by atoms with Crippen molar-refractivity contribution in [1.29, 1.82) is 0 Å². The summed E-state index contributed by atoms with van der Waals surface area (Å²) in [6.07, 6.45) is 0.473. The lowest BCUT2D eigenvalue weighted by Gasteiger charge is -2.21. The molecule has 8 nitrogen and oxygen atoms in total. The van der Waals surface area contributed by atoms with Gasteiger partial charge in [0.15, 0.2) is 0 Å². The van der Waals surface area contributed by atoms with Gasteiger partial charge in [-0.05, 0) is 38.1 Å². The van der Waals surface area contributed by atoms with Crippen LogP contribution in [0.3, 0.4) is 0 Å². The Kier molecular flexibility index (Phi) is 6.27. The van der Waals surface area contributed by atoms with Crippen molar-refractivity contribution in [2.75, 3.05) is 11.1 Å². The molecule has 2 heterocycles. The number of hydrogen-bond acceptors (Lipinski definition) is 7. The summed E-state index contributed by atoms with van der Waals surface area (Å²) in [5.41, 5.74) is 7.20. The summed E-state index contributed by atoms with van der Waals surface area (Å²) < 4.78 is 1.53. The number of hydrogen-bond donors (Lipinski definition) is 3. The number of nitrogens with two attached hydrogens (primary N) is 1. The van der Waals surface area contributed by atoms with E-state index in [0.717, 1.165) is 0 Å². The Balaban J connectivity index is 1.88. The molecule has 0 radical (unpaired) electrons. The van der Waals surface area contributed by atoms with Crippen LogP contribution in [0, 0.1) is 11.8 Å². The minimum Gasteiger partial charge on any atom is -0.382 e. The number of nitrogens with one attached hydrogen (secondary N) is 1. The van der Waals surface area contributed by atoms with Crippen LogP contribution in [0.5, 0.6) is 0 Å². The summed E-state index contributed by atoms with van der Waals surface area (Å²) in [5, 5.41) is 13.5. The molecule has 4 N–H and O–H groups in total. The zero-order valence-corrected chi connectivity index (χ0v) is 18.7. The second-order valence-corrected chi connectivity index (χ2v) is 7.78. The number of para-hydroxylation sites is 1. The Morgan fingerprint density at radius 1 is 1.12 bits per heavy atom. The van der Waals surface area contributed by atoms with Crippen LogP contribution in [0.4, 0.5) is 11.6 Å². The molecule has 0 saturated carbocycles. The molecule has 2 unspecified atom stereocenters. The molecule has 166 valence electrons.